The van der Waals surface area contributed by atoms with Crippen LogP contribution in [-0.2, 0) is 6.61 Å². The lowest BCUT2D eigenvalue weighted by molar-refractivity contribution is 0.306. The quantitative estimate of drug-likeness (QED) is 0.202. The number of allylic oxidation sites excluding steroid dienone is 2. The third-order valence-electron chi connectivity index (χ3n) is 7.37. The number of nitrogens with one attached hydrogen (secondary N) is 1. The van der Waals surface area contributed by atoms with Gasteiger partial charge in [0, 0.05) is 17.8 Å². The molecule has 190 valence electrons. The summed E-state index contributed by atoms with van der Waals surface area (Å²) in [5, 5.41) is 4.29. The maximum absolute atomic E-state index is 13.4. The van der Waals surface area contributed by atoms with Crippen LogP contribution in [0, 0.1) is 18.7 Å². The molecule has 0 spiro atoms. The number of nitrogens with zero attached hydrogens (tertiary/aromatic N) is 1. The Labute approximate surface area is 227 Å². The van der Waals surface area contributed by atoms with Crippen molar-refractivity contribution in [3.05, 3.63) is 136 Å². The molecule has 0 amide bonds. The minimum absolute atomic E-state index is 0.246. The van der Waals surface area contributed by atoms with E-state index in [9.17, 15) is 4.39 Å². The van der Waals surface area contributed by atoms with Gasteiger partial charge in [-0.3, -0.25) is 4.99 Å². The van der Waals surface area contributed by atoms with Crippen molar-refractivity contribution in [2.45, 2.75) is 31.9 Å². The van der Waals surface area contributed by atoms with Crippen LogP contribution in [0.5, 0.6) is 5.75 Å². The van der Waals surface area contributed by atoms with Gasteiger partial charge in [-0.05, 0) is 90.0 Å². The van der Waals surface area contributed by atoms with Crippen molar-refractivity contribution in [1.82, 2.24) is 0 Å². The molecule has 1 aliphatic heterocycles. The Hall–Kier alpha value is -3.89. The van der Waals surface area contributed by atoms with Crippen LogP contribution in [0.25, 0.3) is 0 Å². The standard InChI is InChI=1S/C33H28ClFN2O/c1-21-8-14-31-29(16-21)27-6-3-7-28(27)33(37-31)24-10-12-26(13-11-24)36-19-22-9-15-32(30(34)18-22)38-20-23-4-2-5-25(35)17-23/h2-6,8-19,27-28,33,37H,7,20H2,1H3/t27-,28-,33+/m1/s1. The van der Waals surface area contributed by atoms with E-state index in [2.05, 4.69) is 71.8 Å². The van der Waals surface area contributed by atoms with Crippen molar-refractivity contribution in [2.75, 3.05) is 5.32 Å². The zero-order valence-corrected chi connectivity index (χ0v) is 21.8. The van der Waals surface area contributed by atoms with Crippen LogP contribution in [0.4, 0.5) is 15.8 Å². The number of benzene rings is 4. The molecule has 0 aromatic heterocycles. The Kier molecular flexibility index (Phi) is 6.73. The molecule has 3 atom stereocenters. The average Bonchev–Trinajstić information content (AvgIpc) is 3.42. The largest absolute Gasteiger partial charge is 0.487 e. The molecule has 4 aromatic rings. The summed E-state index contributed by atoms with van der Waals surface area (Å²) in [4.78, 5) is 4.65. The van der Waals surface area contributed by atoms with E-state index in [-0.39, 0.29) is 18.5 Å². The van der Waals surface area contributed by atoms with Crippen molar-refractivity contribution in [1.29, 1.82) is 0 Å². The minimum atomic E-state index is -0.285. The van der Waals surface area contributed by atoms with Crippen molar-refractivity contribution < 1.29 is 9.13 Å². The van der Waals surface area contributed by atoms with E-state index >= 15 is 0 Å². The topological polar surface area (TPSA) is 33.6 Å². The third kappa shape index (κ3) is 5.09. The van der Waals surface area contributed by atoms with Gasteiger partial charge in [-0.25, -0.2) is 4.39 Å². The molecule has 1 aliphatic carbocycles. The van der Waals surface area contributed by atoms with E-state index in [0.717, 1.165) is 23.2 Å². The van der Waals surface area contributed by atoms with Crippen LogP contribution in [0.2, 0.25) is 5.02 Å². The SMILES string of the molecule is Cc1ccc2c(c1)[C@@H]1C=CC[C@H]1[C@H](c1ccc(N=Cc3ccc(OCc4cccc(F)c4)c(Cl)c3)cc1)N2. The van der Waals surface area contributed by atoms with Crippen molar-refractivity contribution in [2.24, 2.45) is 10.9 Å². The van der Waals surface area contributed by atoms with Crippen molar-refractivity contribution in [3.63, 3.8) is 0 Å². The minimum Gasteiger partial charge on any atom is -0.487 e. The van der Waals surface area contributed by atoms with E-state index in [0.29, 0.717) is 22.6 Å². The Morgan fingerprint density at radius 2 is 1.89 bits per heavy atom. The van der Waals surface area contributed by atoms with E-state index in [1.54, 1.807) is 12.3 Å². The van der Waals surface area contributed by atoms with Crippen molar-refractivity contribution >= 4 is 29.2 Å². The van der Waals surface area contributed by atoms with E-state index in [4.69, 9.17) is 16.3 Å². The number of aryl methyl sites for hydroxylation is 1. The van der Waals surface area contributed by atoms with Crippen molar-refractivity contribution in [3.8, 4) is 5.75 Å². The number of aliphatic imine (C=N–C) groups is 1. The summed E-state index contributed by atoms with van der Waals surface area (Å²) in [7, 11) is 0. The highest BCUT2D eigenvalue weighted by Crippen LogP contribution is 2.50. The maximum atomic E-state index is 13.4. The smallest absolute Gasteiger partial charge is 0.138 e. The summed E-state index contributed by atoms with van der Waals surface area (Å²) in [6.45, 7) is 2.40. The molecular weight excluding hydrogens is 495 g/mol. The molecular formula is C33H28ClFN2O. The molecule has 0 unspecified atom stereocenters. The molecule has 4 aromatic carbocycles. The van der Waals surface area contributed by atoms with Crippen LogP contribution < -0.4 is 10.1 Å². The first-order valence-electron chi connectivity index (χ1n) is 12.9. The van der Waals surface area contributed by atoms with Gasteiger partial charge < -0.3 is 10.1 Å². The Morgan fingerprint density at radius 3 is 2.71 bits per heavy atom. The molecule has 1 heterocycles. The van der Waals surface area contributed by atoms with Crippen LogP contribution in [0.3, 0.4) is 0 Å². The normalized spacial score (nSPS) is 19.7. The summed E-state index contributed by atoms with van der Waals surface area (Å²) >= 11 is 6.43. The molecule has 5 heteroatoms. The van der Waals surface area contributed by atoms with Gasteiger partial charge in [-0.1, -0.05) is 65.7 Å². The first-order chi connectivity index (χ1) is 18.5. The fourth-order valence-electron chi connectivity index (χ4n) is 5.46. The molecule has 0 saturated carbocycles. The lowest BCUT2D eigenvalue weighted by Crippen LogP contribution is -2.29. The second-order valence-corrected chi connectivity index (χ2v) is 10.4. The molecule has 38 heavy (non-hydrogen) atoms. The highest BCUT2D eigenvalue weighted by Gasteiger charge is 2.37. The second kappa shape index (κ2) is 10.5. The van der Waals surface area contributed by atoms with Gasteiger partial charge in [-0.15, -0.1) is 0 Å². The Balaban J connectivity index is 1.13. The second-order valence-electron chi connectivity index (χ2n) is 10.0. The average molecular weight is 523 g/mol. The fraction of sp³-hybridized carbons (Fsp3) is 0.182. The zero-order valence-electron chi connectivity index (χ0n) is 21.1. The highest BCUT2D eigenvalue weighted by atomic mass is 35.5. The molecule has 0 saturated heterocycles. The van der Waals surface area contributed by atoms with Gasteiger partial charge in [0.15, 0.2) is 0 Å². The van der Waals surface area contributed by atoms with Crippen LogP contribution >= 0.6 is 11.6 Å². The van der Waals surface area contributed by atoms with E-state index < -0.39 is 0 Å². The van der Waals surface area contributed by atoms with Gasteiger partial charge in [-0.2, -0.15) is 0 Å². The number of rotatable bonds is 6. The molecule has 3 nitrogen and oxygen atoms in total. The predicted molar refractivity (Wildman–Crippen MR) is 153 cm³/mol. The van der Waals surface area contributed by atoms with E-state index in [1.165, 1.54) is 34.5 Å². The fourth-order valence-corrected chi connectivity index (χ4v) is 5.71. The number of hydrogen-bond acceptors (Lipinski definition) is 3. The summed E-state index contributed by atoms with van der Waals surface area (Å²) in [5.41, 5.74) is 7.72. The molecule has 2 aliphatic rings. The summed E-state index contributed by atoms with van der Waals surface area (Å²) in [5.74, 6) is 1.24. The van der Waals surface area contributed by atoms with Gasteiger partial charge in [0.25, 0.3) is 0 Å². The number of ether oxygens (including phenoxy) is 1. The Bertz CT molecular complexity index is 1530. The predicted octanol–water partition coefficient (Wildman–Crippen LogP) is 8.94. The molecule has 0 radical (unpaired) electrons. The van der Waals surface area contributed by atoms with Gasteiger partial charge in [0.2, 0.25) is 0 Å². The van der Waals surface area contributed by atoms with Gasteiger partial charge >= 0.3 is 0 Å². The van der Waals surface area contributed by atoms with Crippen LogP contribution in [-0.4, -0.2) is 6.21 Å². The first kappa shape index (κ1) is 24.4. The number of anilines is 1. The van der Waals surface area contributed by atoms with E-state index in [1.807, 2.05) is 24.3 Å². The maximum Gasteiger partial charge on any atom is 0.138 e. The zero-order chi connectivity index (χ0) is 26.1. The summed E-state index contributed by atoms with van der Waals surface area (Å²) in [6, 6.07) is 27.3. The first-order valence-corrected chi connectivity index (χ1v) is 13.3. The van der Waals surface area contributed by atoms with Gasteiger partial charge in [0.05, 0.1) is 16.8 Å². The molecule has 1 N–H and O–H groups in total. The lowest BCUT2D eigenvalue weighted by Gasteiger charge is -2.37. The van der Waals surface area contributed by atoms with Crippen LogP contribution in [0.15, 0.2) is 102 Å². The number of halogens is 2. The third-order valence-corrected chi connectivity index (χ3v) is 7.67. The van der Waals surface area contributed by atoms with Gasteiger partial charge in [0.1, 0.15) is 18.2 Å². The Morgan fingerprint density at radius 1 is 1.03 bits per heavy atom. The summed E-state index contributed by atoms with van der Waals surface area (Å²) < 4.78 is 19.2. The van der Waals surface area contributed by atoms with Crippen LogP contribution in [0.1, 0.15) is 46.2 Å². The highest BCUT2D eigenvalue weighted by molar-refractivity contribution is 6.32. The molecule has 0 fully saturated rings. The molecule has 0 bridgehead atoms. The monoisotopic (exact) mass is 522 g/mol. The lowest BCUT2D eigenvalue weighted by atomic mass is 9.76. The number of hydrogen-bond donors (Lipinski definition) is 1. The summed E-state index contributed by atoms with van der Waals surface area (Å²) in [6.07, 6.45) is 7.57. The number of fused-ring (bicyclic) bond motifs is 3. The molecule has 6 rings (SSSR count).